The molecule has 0 saturated carbocycles. The molecule has 4 aromatic carbocycles. The summed E-state index contributed by atoms with van der Waals surface area (Å²) in [6.07, 6.45) is 0. The van der Waals surface area contributed by atoms with Crippen molar-refractivity contribution in [3.05, 3.63) is 90.5 Å². The normalized spacial score (nSPS) is 11.6. The van der Waals surface area contributed by atoms with Gasteiger partial charge in [0.2, 0.25) is 9.84 Å². The maximum Gasteiger partial charge on any atom is 0.207 e. The van der Waals surface area contributed by atoms with Crippen LogP contribution in [-0.4, -0.2) is 13.5 Å². The molecule has 134 valence electrons. The second-order valence-corrected chi connectivity index (χ2v) is 8.42. The van der Waals surface area contributed by atoms with Crippen molar-refractivity contribution in [2.45, 2.75) is 16.7 Å². The average molecular weight is 374 g/mol. The molecule has 0 radical (unpaired) electrons. The summed E-state index contributed by atoms with van der Waals surface area (Å²) in [6, 6.07) is 24.8. The third-order valence-electron chi connectivity index (χ3n) is 4.67. The van der Waals surface area contributed by atoms with Gasteiger partial charge in [-0.15, -0.1) is 0 Å². The second kappa shape index (κ2) is 6.56. The summed E-state index contributed by atoms with van der Waals surface area (Å²) >= 11 is 0. The number of rotatable bonds is 3. The number of benzene rings is 4. The third kappa shape index (κ3) is 2.98. The molecule has 0 aliphatic carbocycles. The lowest BCUT2D eigenvalue weighted by Gasteiger charge is -2.15. The molecule has 27 heavy (non-hydrogen) atoms. The lowest BCUT2D eigenvalue weighted by molar-refractivity contribution is 0.479. The molecule has 0 aliphatic heterocycles. The molecule has 0 unspecified atom stereocenters. The van der Waals surface area contributed by atoms with Gasteiger partial charge in [0, 0.05) is 17.0 Å². The number of fused-ring (bicyclic) bond motifs is 1. The monoisotopic (exact) mass is 374 g/mol. The van der Waals surface area contributed by atoms with Crippen LogP contribution in [0.1, 0.15) is 5.56 Å². The number of phenolic OH excluding ortho intramolecular Hbond substituents is 1. The van der Waals surface area contributed by atoms with E-state index < -0.39 is 9.84 Å². The first kappa shape index (κ1) is 17.3. The van der Waals surface area contributed by atoms with Crippen LogP contribution in [0.15, 0.2) is 94.7 Å². The molecule has 0 aliphatic rings. The highest BCUT2D eigenvalue weighted by atomic mass is 32.2. The molecule has 0 saturated heterocycles. The molecular formula is C23H18O3S. The standard InChI is InChI=1S/C23H18O3S/c1-16-11-13-18(14-12-16)27(25,26)22-15-21(24)19-9-5-6-10-20(19)23(22)17-7-3-2-4-8-17/h2-15,24H,1H3. The van der Waals surface area contributed by atoms with Gasteiger partial charge in [0.25, 0.3) is 0 Å². The number of hydrogen-bond acceptors (Lipinski definition) is 3. The van der Waals surface area contributed by atoms with Gasteiger partial charge in [0.15, 0.2) is 0 Å². The van der Waals surface area contributed by atoms with E-state index in [1.165, 1.54) is 6.07 Å². The fraction of sp³-hybridized carbons (Fsp3) is 0.0435. The van der Waals surface area contributed by atoms with Crippen LogP contribution in [0.3, 0.4) is 0 Å². The summed E-state index contributed by atoms with van der Waals surface area (Å²) in [5, 5.41) is 11.8. The molecule has 4 heteroatoms. The maximum atomic E-state index is 13.4. The Morgan fingerprint density at radius 2 is 1.33 bits per heavy atom. The van der Waals surface area contributed by atoms with Crippen molar-refractivity contribution in [3.63, 3.8) is 0 Å². The lowest BCUT2D eigenvalue weighted by Crippen LogP contribution is -2.05. The van der Waals surface area contributed by atoms with Crippen molar-refractivity contribution in [1.82, 2.24) is 0 Å². The van der Waals surface area contributed by atoms with Crippen LogP contribution in [0.4, 0.5) is 0 Å². The van der Waals surface area contributed by atoms with E-state index in [-0.39, 0.29) is 15.5 Å². The molecular weight excluding hydrogens is 356 g/mol. The van der Waals surface area contributed by atoms with E-state index >= 15 is 0 Å². The SMILES string of the molecule is Cc1ccc(S(=O)(=O)c2cc(O)c3ccccc3c2-c2ccccc2)cc1. The number of sulfone groups is 1. The molecule has 0 heterocycles. The Morgan fingerprint density at radius 1 is 0.741 bits per heavy atom. The molecule has 0 spiro atoms. The second-order valence-electron chi connectivity index (χ2n) is 6.50. The highest BCUT2D eigenvalue weighted by molar-refractivity contribution is 7.91. The van der Waals surface area contributed by atoms with Gasteiger partial charge in [-0.25, -0.2) is 8.42 Å². The molecule has 4 rings (SSSR count). The molecule has 0 atom stereocenters. The Bertz CT molecular complexity index is 1230. The Morgan fingerprint density at radius 3 is 2.00 bits per heavy atom. The highest BCUT2D eigenvalue weighted by Gasteiger charge is 2.25. The summed E-state index contributed by atoms with van der Waals surface area (Å²) in [5.41, 5.74) is 2.38. The summed E-state index contributed by atoms with van der Waals surface area (Å²) < 4.78 is 26.8. The Balaban J connectivity index is 2.10. The lowest BCUT2D eigenvalue weighted by atomic mass is 9.97. The van der Waals surface area contributed by atoms with Gasteiger partial charge < -0.3 is 5.11 Å². The minimum Gasteiger partial charge on any atom is -0.507 e. The topological polar surface area (TPSA) is 54.4 Å². The van der Waals surface area contributed by atoms with Gasteiger partial charge >= 0.3 is 0 Å². The van der Waals surface area contributed by atoms with Crippen LogP contribution >= 0.6 is 0 Å². The minimum absolute atomic E-state index is 0.0454. The Labute approximate surface area is 158 Å². The molecule has 3 nitrogen and oxygen atoms in total. The van der Waals surface area contributed by atoms with Gasteiger partial charge in [-0.05, 0) is 30.0 Å². The fourth-order valence-electron chi connectivity index (χ4n) is 3.29. The van der Waals surface area contributed by atoms with Crippen LogP contribution in [0.25, 0.3) is 21.9 Å². The van der Waals surface area contributed by atoms with Crippen LogP contribution in [0, 0.1) is 6.92 Å². The smallest absolute Gasteiger partial charge is 0.207 e. The van der Waals surface area contributed by atoms with E-state index in [1.807, 2.05) is 55.5 Å². The van der Waals surface area contributed by atoms with E-state index in [9.17, 15) is 13.5 Å². The molecule has 1 N–H and O–H groups in total. The third-order valence-corrected chi connectivity index (χ3v) is 6.46. The van der Waals surface area contributed by atoms with Crippen LogP contribution in [-0.2, 0) is 9.84 Å². The van der Waals surface area contributed by atoms with Crippen molar-refractivity contribution in [1.29, 1.82) is 0 Å². The zero-order valence-corrected chi connectivity index (χ0v) is 15.6. The number of hydrogen-bond donors (Lipinski definition) is 1. The summed E-state index contributed by atoms with van der Waals surface area (Å²) in [7, 11) is -3.81. The van der Waals surface area contributed by atoms with Crippen molar-refractivity contribution in [2.75, 3.05) is 0 Å². The van der Waals surface area contributed by atoms with Crippen LogP contribution in [0.5, 0.6) is 5.75 Å². The van der Waals surface area contributed by atoms with E-state index in [0.29, 0.717) is 16.3 Å². The maximum absolute atomic E-state index is 13.4. The number of aryl methyl sites for hydroxylation is 1. The quantitative estimate of drug-likeness (QED) is 0.526. The molecule has 0 aromatic heterocycles. The predicted octanol–water partition coefficient (Wildman–Crippen LogP) is 5.35. The van der Waals surface area contributed by atoms with Crippen LogP contribution < -0.4 is 0 Å². The molecule has 0 fully saturated rings. The summed E-state index contributed by atoms with van der Waals surface area (Å²) in [4.78, 5) is 0.314. The fourth-order valence-corrected chi connectivity index (χ4v) is 4.80. The zero-order chi connectivity index (χ0) is 19.0. The highest BCUT2D eigenvalue weighted by Crippen LogP contribution is 2.41. The van der Waals surface area contributed by atoms with E-state index in [2.05, 4.69) is 0 Å². The van der Waals surface area contributed by atoms with Gasteiger partial charge in [0.05, 0.1) is 9.79 Å². The average Bonchev–Trinajstić information content (AvgIpc) is 2.69. The van der Waals surface area contributed by atoms with Crippen molar-refractivity contribution < 1.29 is 13.5 Å². The Hall–Kier alpha value is -3.11. The number of aromatic hydroxyl groups is 1. The van der Waals surface area contributed by atoms with E-state index in [0.717, 1.165) is 11.1 Å². The minimum atomic E-state index is -3.81. The Kier molecular flexibility index (Phi) is 4.21. The van der Waals surface area contributed by atoms with Crippen LogP contribution in [0.2, 0.25) is 0 Å². The van der Waals surface area contributed by atoms with Crippen molar-refractivity contribution in [2.24, 2.45) is 0 Å². The van der Waals surface area contributed by atoms with Gasteiger partial charge in [0.1, 0.15) is 5.75 Å². The van der Waals surface area contributed by atoms with E-state index in [4.69, 9.17) is 0 Å². The first-order valence-electron chi connectivity index (χ1n) is 8.60. The van der Waals surface area contributed by atoms with Gasteiger partial charge in [-0.1, -0.05) is 72.3 Å². The summed E-state index contributed by atoms with van der Waals surface area (Å²) in [6.45, 7) is 1.91. The van der Waals surface area contributed by atoms with Crippen molar-refractivity contribution >= 4 is 20.6 Å². The predicted molar refractivity (Wildman–Crippen MR) is 108 cm³/mol. The summed E-state index contributed by atoms with van der Waals surface area (Å²) in [5.74, 6) is -0.0454. The molecule has 0 bridgehead atoms. The van der Waals surface area contributed by atoms with Gasteiger partial charge in [-0.3, -0.25) is 0 Å². The van der Waals surface area contributed by atoms with Gasteiger partial charge in [-0.2, -0.15) is 0 Å². The number of phenols is 1. The van der Waals surface area contributed by atoms with Crippen molar-refractivity contribution in [3.8, 4) is 16.9 Å². The first-order valence-corrected chi connectivity index (χ1v) is 10.1. The molecule has 4 aromatic rings. The zero-order valence-electron chi connectivity index (χ0n) is 14.8. The largest absolute Gasteiger partial charge is 0.507 e. The van der Waals surface area contributed by atoms with E-state index in [1.54, 1.807) is 30.3 Å². The molecule has 0 amide bonds. The first-order chi connectivity index (χ1) is 13.0.